The van der Waals surface area contributed by atoms with Gasteiger partial charge in [0.2, 0.25) is 5.88 Å². The summed E-state index contributed by atoms with van der Waals surface area (Å²) in [4.78, 5) is 27.2. The number of carboxylic acid groups (broad SMARTS) is 1. The van der Waals surface area contributed by atoms with Crippen LogP contribution in [0.25, 0.3) is 0 Å². The lowest BCUT2D eigenvalue weighted by Gasteiger charge is -2.11. The Hall–Kier alpha value is -2.89. The maximum atomic E-state index is 12.0. The number of ether oxygens (including phenoxy) is 1. The zero-order valence-corrected chi connectivity index (χ0v) is 13.1. The van der Waals surface area contributed by atoms with Crippen LogP contribution in [-0.2, 0) is 11.4 Å². The van der Waals surface area contributed by atoms with Crippen LogP contribution < -0.4 is 10.1 Å². The van der Waals surface area contributed by atoms with Gasteiger partial charge in [-0.15, -0.1) is 0 Å². The molecule has 0 bridgehead atoms. The predicted molar refractivity (Wildman–Crippen MR) is 86.6 cm³/mol. The summed E-state index contributed by atoms with van der Waals surface area (Å²) in [6.07, 6.45) is 2.64. The number of pyridine rings is 1. The molecule has 6 heteroatoms. The van der Waals surface area contributed by atoms with Gasteiger partial charge >= 0.3 is 5.97 Å². The summed E-state index contributed by atoms with van der Waals surface area (Å²) in [6.45, 7) is 0.550. The van der Waals surface area contributed by atoms with Gasteiger partial charge in [-0.3, -0.25) is 9.59 Å². The van der Waals surface area contributed by atoms with Gasteiger partial charge in [0.25, 0.3) is 5.91 Å². The molecule has 1 heterocycles. The van der Waals surface area contributed by atoms with Gasteiger partial charge in [0.15, 0.2) is 0 Å². The van der Waals surface area contributed by atoms with Crippen molar-refractivity contribution in [1.29, 1.82) is 0 Å². The molecule has 0 saturated heterocycles. The Balaban J connectivity index is 1.52. The van der Waals surface area contributed by atoms with Crippen LogP contribution in [0.2, 0.25) is 0 Å². The summed E-state index contributed by atoms with van der Waals surface area (Å²) in [6, 6.07) is 13.0. The number of hydrogen-bond donors (Lipinski definition) is 2. The minimum Gasteiger partial charge on any atom is -0.481 e. The molecular formula is C18H18N2O4. The molecule has 1 aliphatic rings. The number of rotatable bonds is 7. The van der Waals surface area contributed by atoms with Gasteiger partial charge < -0.3 is 15.2 Å². The monoisotopic (exact) mass is 326 g/mol. The summed E-state index contributed by atoms with van der Waals surface area (Å²) in [5, 5.41) is 11.8. The number of nitrogens with zero attached hydrogens (tertiary/aromatic N) is 1. The third kappa shape index (κ3) is 3.71. The molecule has 1 fully saturated rings. The first-order chi connectivity index (χ1) is 11.6. The molecular weight excluding hydrogens is 308 g/mol. The number of aromatic nitrogens is 1. The van der Waals surface area contributed by atoms with Crippen LogP contribution >= 0.6 is 0 Å². The molecule has 1 amide bonds. The molecule has 0 atom stereocenters. The molecule has 124 valence electrons. The Morgan fingerprint density at radius 3 is 2.50 bits per heavy atom. The Labute approximate surface area is 139 Å². The highest BCUT2D eigenvalue weighted by Crippen LogP contribution is 2.45. The van der Waals surface area contributed by atoms with Crippen LogP contribution in [0.3, 0.4) is 0 Å². The molecule has 3 rings (SSSR count). The van der Waals surface area contributed by atoms with Crippen molar-refractivity contribution in [1.82, 2.24) is 10.3 Å². The average Bonchev–Trinajstić information content (AvgIpc) is 3.41. The Bertz CT molecular complexity index is 724. The van der Waals surface area contributed by atoms with Crippen molar-refractivity contribution in [2.75, 3.05) is 6.54 Å². The third-order valence-electron chi connectivity index (χ3n) is 4.12. The molecule has 1 aromatic carbocycles. The molecule has 0 spiro atoms. The zero-order chi connectivity index (χ0) is 17.0. The lowest BCUT2D eigenvalue weighted by Crippen LogP contribution is -2.34. The van der Waals surface area contributed by atoms with Crippen molar-refractivity contribution < 1.29 is 19.4 Å². The van der Waals surface area contributed by atoms with Gasteiger partial charge in [0.05, 0.1) is 11.0 Å². The van der Waals surface area contributed by atoms with Crippen LogP contribution in [-0.4, -0.2) is 28.5 Å². The van der Waals surface area contributed by atoms with Gasteiger partial charge in [0.1, 0.15) is 6.61 Å². The first kappa shape index (κ1) is 16.0. The minimum absolute atomic E-state index is 0.146. The molecule has 2 aromatic rings. The Morgan fingerprint density at radius 1 is 1.17 bits per heavy atom. The summed E-state index contributed by atoms with van der Waals surface area (Å²) >= 11 is 0. The molecule has 6 nitrogen and oxygen atoms in total. The van der Waals surface area contributed by atoms with E-state index in [9.17, 15) is 9.59 Å². The summed E-state index contributed by atoms with van der Waals surface area (Å²) in [5.74, 6) is -0.755. The Kier molecular flexibility index (Phi) is 4.46. The van der Waals surface area contributed by atoms with Crippen molar-refractivity contribution >= 4 is 11.9 Å². The van der Waals surface area contributed by atoms with Crippen molar-refractivity contribution in [3.63, 3.8) is 0 Å². The van der Waals surface area contributed by atoms with Gasteiger partial charge in [-0.05, 0) is 24.5 Å². The fourth-order valence-corrected chi connectivity index (χ4v) is 2.30. The fraction of sp³-hybridized carbons (Fsp3) is 0.278. The van der Waals surface area contributed by atoms with E-state index >= 15 is 0 Å². The number of carbonyl (C=O) groups is 2. The molecule has 1 saturated carbocycles. The highest BCUT2D eigenvalue weighted by Gasteiger charge is 2.50. The second kappa shape index (κ2) is 6.70. The largest absolute Gasteiger partial charge is 0.481 e. The van der Waals surface area contributed by atoms with E-state index in [0.717, 1.165) is 5.56 Å². The summed E-state index contributed by atoms with van der Waals surface area (Å²) in [7, 11) is 0. The van der Waals surface area contributed by atoms with Crippen LogP contribution in [0.1, 0.15) is 28.8 Å². The smallest absolute Gasteiger partial charge is 0.311 e. The van der Waals surface area contributed by atoms with Crippen molar-refractivity contribution in [3.8, 4) is 5.88 Å². The van der Waals surface area contributed by atoms with E-state index in [-0.39, 0.29) is 12.5 Å². The Morgan fingerprint density at radius 2 is 1.92 bits per heavy atom. The third-order valence-corrected chi connectivity index (χ3v) is 4.12. The second-order valence-electron chi connectivity index (χ2n) is 5.93. The standard InChI is InChI=1S/C18H18N2O4/c21-16(20-12-18(8-9-18)17(22)23)14-6-7-15(19-10-14)24-11-13-4-2-1-3-5-13/h1-7,10H,8-9,11-12H2,(H,20,21)(H,22,23). The molecule has 24 heavy (non-hydrogen) atoms. The predicted octanol–water partition coefficient (Wildman–Crippen LogP) is 2.26. The zero-order valence-electron chi connectivity index (χ0n) is 13.1. The molecule has 1 aromatic heterocycles. The van der Waals surface area contributed by atoms with Crippen LogP contribution in [0, 0.1) is 5.41 Å². The van der Waals surface area contributed by atoms with Crippen molar-refractivity contribution in [2.24, 2.45) is 5.41 Å². The normalized spacial score (nSPS) is 14.7. The van der Waals surface area contributed by atoms with Gasteiger partial charge in [0, 0.05) is 18.8 Å². The summed E-state index contributed by atoms with van der Waals surface area (Å²) in [5.41, 5.74) is 0.634. The number of benzene rings is 1. The average molecular weight is 326 g/mol. The molecule has 0 radical (unpaired) electrons. The topological polar surface area (TPSA) is 88.5 Å². The second-order valence-corrected chi connectivity index (χ2v) is 5.93. The highest BCUT2D eigenvalue weighted by molar-refractivity contribution is 5.94. The fourth-order valence-electron chi connectivity index (χ4n) is 2.30. The van der Waals surface area contributed by atoms with E-state index in [0.29, 0.717) is 30.9 Å². The van der Waals surface area contributed by atoms with E-state index < -0.39 is 11.4 Å². The lowest BCUT2D eigenvalue weighted by molar-refractivity contribution is -0.143. The van der Waals surface area contributed by atoms with E-state index in [4.69, 9.17) is 9.84 Å². The first-order valence-corrected chi connectivity index (χ1v) is 7.73. The number of carboxylic acids is 1. The maximum absolute atomic E-state index is 12.0. The number of nitrogens with one attached hydrogen (secondary N) is 1. The van der Waals surface area contributed by atoms with Crippen molar-refractivity contribution in [3.05, 3.63) is 59.8 Å². The van der Waals surface area contributed by atoms with Gasteiger partial charge in [-0.25, -0.2) is 4.98 Å². The SMILES string of the molecule is O=C(NCC1(C(=O)O)CC1)c1ccc(OCc2ccccc2)nc1. The van der Waals surface area contributed by atoms with E-state index in [2.05, 4.69) is 10.3 Å². The van der Waals surface area contributed by atoms with Gasteiger partial charge in [-0.1, -0.05) is 30.3 Å². The molecule has 0 unspecified atom stereocenters. The first-order valence-electron chi connectivity index (χ1n) is 7.73. The lowest BCUT2D eigenvalue weighted by atomic mass is 10.1. The van der Waals surface area contributed by atoms with Crippen LogP contribution in [0.15, 0.2) is 48.7 Å². The maximum Gasteiger partial charge on any atom is 0.311 e. The molecule has 1 aliphatic carbocycles. The number of amides is 1. The van der Waals surface area contributed by atoms with Crippen LogP contribution in [0.5, 0.6) is 5.88 Å². The quantitative estimate of drug-likeness (QED) is 0.815. The minimum atomic E-state index is -0.856. The van der Waals surface area contributed by atoms with Crippen molar-refractivity contribution in [2.45, 2.75) is 19.4 Å². The highest BCUT2D eigenvalue weighted by atomic mass is 16.5. The van der Waals surface area contributed by atoms with E-state index in [1.165, 1.54) is 6.20 Å². The number of hydrogen-bond acceptors (Lipinski definition) is 4. The summed E-state index contributed by atoms with van der Waals surface area (Å²) < 4.78 is 5.56. The van der Waals surface area contributed by atoms with E-state index in [1.807, 2.05) is 30.3 Å². The van der Waals surface area contributed by atoms with Gasteiger partial charge in [-0.2, -0.15) is 0 Å². The number of carbonyl (C=O) groups excluding carboxylic acids is 1. The molecule has 2 N–H and O–H groups in total. The van der Waals surface area contributed by atoms with Crippen LogP contribution in [0.4, 0.5) is 0 Å². The molecule has 0 aliphatic heterocycles. The van der Waals surface area contributed by atoms with E-state index in [1.54, 1.807) is 12.1 Å². The number of aliphatic carboxylic acids is 1.